The van der Waals surface area contributed by atoms with Gasteiger partial charge in [0.1, 0.15) is 0 Å². The summed E-state index contributed by atoms with van der Waals surface area (Å²) < 4.78 is 0. The smallest absolute Gasteiger partial charge is 0.0511 e. The first kappa shape index (κ1) is 16.9. The van der Waals surface area contributed by atoms with Crippen LogP contribution in [0.25, 0.3) is 0 Å². The van der Waals surface area contributed by atoms with Crippen molar-refractivity contribution >= 4 is 8.07 Å². The summed E-state index contributed by atoms with van der Waals surface area (Å²) in [5, 5.41) is 0. The largest absolute Gasteiger partial charge is 0.303 e. The number of hydrogen-bond donors (Lipinski definition) is 0. The highest BCUT2D eigenvalue weighted by Gasteiger charge is 2.18. The van der Waals surface area contributed by atoms with Crippen LogP contribution in [0, 0.1) is 0 Å². The van der Waals surface area contributed by atoms with E-state index in [-0.39, 0.29) is 0 Å². The third kappa shape index (κ3) is 9.60. The molecular formula is C15H33NSi. The van der Waals surface area contributed by atoms with Crippen LogP contribution in [0.1, 0.15) is 40.0 Å². The van der Waals surface area contributed by atoms with Crippen LogP contribution in [0.3, 0.4) is 0 Å². The molecule has 0 aliphatic heterocycles. The zero-order valence-corrected chi connectivity index (χ0v) is 13.8. The topological polar surface area (TPSA) is 3.24 Å². The van der Waals surface area contributed by atoms with E-state index >= 15 is 0 Å². The molecule has 0 saturated carbocycles. The molecule has 0 fully saturated rings. The fourth-order valence-corrected chi connectivity index (χ4v) is 4.48. The van der Waals surface area contributed by atoms with E-state index < -0.39 is 8.07 Å². The van der Waals surface area contributed by atoms with Crippen molar-refractivity contribution in [3.8, 4) is 0 Å². The molecule has 0 radical (unpaired) electrons. The van der Waals surface area contributed by atoms with Gasteiger partial charge in [-0.25, -0.2) is 0 Å². The fraction of sp³-hybridized carbons (Fsp3) is 0.867. The molecule has 2 heteroatoms. The van der Waals surface area contributed by atoms with Crippen molar-refractivity contribution < 1.29 is 0 Å². The predicted molar refractivity (Wildman–Crippen MR) is 83.5 cm³/mol. The molecular weight excluding hydrogens is 222 g/mol. The molecule has 0 unspecified atom stereocenters. The van der Waals surface area contributed by atoms with Gasteiger partial charge in [-0.05, 0) is 51.9 Å². The van der Waals surface area contributed by atoms with E-state index in [0.29, 0.717) is 0 Å². The van der Waals surface area contributed by atoms with Crippen molar-refractivity contribution in [3.63, 3.8) is 0 Å². The minimum absolute atomic E-state index is 0.950. The van der Waals surface area contributed by atoms with Crippen molar-refractivity contribution in [1.82, 2.24) is 4.90 Å². The second kappa shape index (κ2) is 9.90. The molecule has 0 atom stereocenters. The summed E-state index contributed by atoms with van der Waals surface area (Å²) in [5.41, 5.74) is 0. The van der Waals surface area contributed by atoms with Crippen LogP contribution < -0.4 is 0 Å². The summed E-state index contributed by atoms with van der Waals surface area (Å²) in [6.45, 7) is 15.6. The van der Waals surface area contributed by atoms with E-state index in [4.69, 9.17) is 0 Å². The molecule has 0 aromatic rings. The first-order chi connectivity index (χ1) is 8.05. The lowest BCUT2D eigenvalue weighted by molar-refractivity contribution is 0.275. The Bertz CT molecular complexity index is 193. The summed E-state index contributed by atoms with van der Waals surface area (Å²) in [4.78, 5) is 2.64. The van der Waals surface area contributed by atoms with Gasteiger partial charge in [0.05, 0.1) is 8.07 Å². The summed E-state index contributed by atoms with van der Waals surface area (Å²) in [5.74, 6) is 0. The molecule has 0 aliphatic rings. The standard InChI is InChI=1S/C15H33NSi/c1-6-9-14-17(4,5)15-10-13-16(11-7-2)12-8-3/h6,9H,7-8,10-15H2,1-5H3/b9-6+. The third-order valence-electron chi connectivity index (χ3n) is 3.31. The number of allylic oxidation sites excluding steroid dienone is 2. The van der Waals surface area contributed by atoms with Crippen molar-refractivity contribution in [1.29, 1.82) is 0 Å². The molecule has 0 N–H and O–H groups in total. The maximum absolute atomic E-state index is 2.64. The maximum Gasteiger partial charge on any atom is 0.0511 e. The Balaban J connectivity index is 3.84. The first-order valence-electron chi connectivity index (χ1n) is 7.39. The Labute approximate surface area is 110 Å². The normalized spacial score (nSPS) is 12.8. The zero-order chi connectivity index (χ0) is 13.1. The lowest BCUT2D eigenvalue weighted by Gasteiger charge is -2.25. The summed E-state index contributed by atoms with van der Waals surface area (Å²) in [6, 6.07) is 2.83. The molecule has 102 valence electrons. The lowest BCUT2D eigenvalue weighted by Crippen LogP contribution is -2.30. The predicted octanol–water partition coefficient (Wildman–Crippen LogP) is 4.78. The highest BCUT2D eigenvalue weighted by Crippen LogP contribution is 2.18. The van der Waals surface area contributed by atoms with Crippen LogP contribution in [-0.4, -0.2) is 32.6 Å². The van der Waals surface area contributed by atoms with E-state index in [1.54, 1.807) is 0 Å². The van der Waals surface area contributed by atoms with Crippen LogP contribution in [0.2, 0.25) is 25.2 Å². The lowest BCUT2D eigenvalue weighted by atomic mass is 10.3. The van der Waals surface area contributed by atoms with Crippen LogP contribution in [0.15, 0.2) is 12.2 Å². The van der Waals surface area contributed by atoms with Crippen molar-refractivity contribution in [2.75, 3.05) is 19.6 Å². The maximum atomic E-state index is 2.64. The number of nitrogens with zero attached hydrogens (tertiary/aromatic N) is 1. The van der Waals surface area contributed by atoms with Crippen molar-refractivity contribution in [2.45, 2.75) is 65.2 Å². The summed E-state index contributed by atoms with van der Waals surface area (Å²) in [7, 11) is -0.950. The van der Waals surface area contributed by atoms with Gasteiger partial charge in [-0.1, -0.05) is 45.1 Å². The highest BCUT2D eigenvalue weighted by molar-refractivity contribution is 6.77. The van der Waals surface area contributed by atoms with E-state index in [1.807, 2.05) is 0 Å². The highest BCUT2D eigenvalue weighted by atomic mass is 28.3. The average molecular weight is 256 g/mol. The Morgan fingerprint density at radius 2 is 1.59 bits per heavy atom. The van der Waals surface area contributed by atoms with E-state index in [0.717, 1.165) is 0 Å². The first-order valence-corrected chi connectivity index (χ1v) is 10.8. The molecule has 1 nitrogen and oxygen atoms in total. The van der Waals surface area contributed by atoms with Crippen LogP contribution in [0.5, 0.6) is 0 Å². The number of rotatable bonds is 10. The van der Waals surface area contributed by atoms with Gasteiger partial charge >= 0.3 is 0 Å². The van der Waals surface area contributed by atoms with Crippen LogP contribution in [-0.2, 0) is 0 Å². The zero-order valence-electron chi connectivity index (χ0n) is 12.8. The van der Waals surface area contributed by atoms with E-state index in [1.165, 1.54) is 51.0 Å². The monoisotopic (exact) mass is 255 g/mol. The van der Waals surface area contributed by atoms with Crippen LogP contribution >= 0.6 is 0 Å². The minimum Gasteiger partial charge on any atom is -0.303 e. The Morgan fingerprint density at radius 1 is 1.00 bits per heavy atom. The van der Waals surface area contributed by atoms with Gasteiger partial charge in [-0.2, -0.15) is 0 Å². The summed E-state index contributed by atoms with van der Waals surface area (Å²) >= 11 is 0. The van der Waals surface area contributed by atoms with Crippen molar-refractivity contribution in [2.24, 2.45) is 0 Å². The summed E-state index contributed by atoms with van der Waals surface area (Å²) in [6.07, 6.45) is 8.55. The Hall–Kier alpha value is -0.0831. The number of hydrogen-bond acceptors (Lipinski definition) is 1. The van der Waals surface area contributed by atoms with Gasteiger partial charge in [0, 0.05) is 0 Å². The van der Waals surface area contributed by atoms with Gasteiger partial charge < -0.3 is 4.90 Å². The molecule has 0 heterocycles. The van der Waals surface area contributed by atoms with Gasteiger partial charge in [-0.15, -0.1) is 0 Å². The molecule has 0 spiro atoms. The molecule has 0 aliphatic carbocycles. The van der Waals surface area contributed by atoms with Gasteiger partial charge in [0.2, 0.25) is 0 Å². The average Bonchev–Trinajstić information content (AvgIpc) is 2.27. The second-order valence-electron chi connectivity index (χ2n) is 5.88. The minimum atomic E-state index is -0.950. The Kier molecular flexibility index (Phi) is 9.85. The molecule has 17 heavy (non-hydrogen) atoms. The third-order valence-corrected chi connectivity index (χ3v) is 6.36. The molecule has 0 saturated heterocycles. The molecule has 0 aromatic carbocycles. The van der Waals surface area contributed by atoms with Gasteiger partial charge in [-0.3, -0.25) is 0 Å². The second-order valence-corrected chi connectivity index (χ2v) is 11.1. The molecule has 0 bridgehead atoms. The molecule has 0 aromatic heterocycles. The van der Waals surface area contributed by atoms with Gasteiger partial charge in [0.25, 0.3) is 0 Å². The fourth-order valence-electron chi connectivity index (χ4n) is 2.29. The van der Waals surface area contributed by atoms with Crippen LogP contribution in [0.4, 0.5) is 0 Å². The van der Waals surface area contributed by atoms with Gasteiger partial charge in [0.15, 0.2) is 0 Å². The SMILES string of the molecule is C/C=C/C[Si](C)(C)CCCN(CCC)CCC. The van der Waals surface area contributed by atoms with E-state index in [9.17, 15) is 0 Å². The van der Waals surface area contributed by atoms with Crippen molar-refractivity contribution in [3.05, 3.63) is 12.2 Å². The molecule has 0 rings (SSSR count). The molecule has 0 amide bonds. The van der Waals surface area contributed by atoms with E-state index in [2.05, 4.69) is 50.9 Å². The Morgan fingerprint density at radius 3 is 2.06 bits per heavy atom. The quantitative estimate of drug-likeness (QED) is 0.401.